The lowest BCUT2D eigenvalue weighted by atomic mass is 10.0. The second kappa shape index (κ2) is 11.4. The topological polar surface area (TPSA) is 73.9 Å². The first-order valence-electron chi connectivity index (χ1n) is 12.6. The Balaban J connectivity index is 1.69. The summed E-state index contributed by atoms with van der Waals surface area (Å²) in [7, 11) is 5.16. The van der Waals surface area contributed by atoms with Crippen LogP contribution in [0.5, 0.6) is 5.75 Å². The molecule has 0 saturated heterocycles. The van der Waals surface area contributed by atoms with Gasteiger partial charge in [-0.2, -0.15) is 0 Å². The Morgan fingerprint density at radius 3 is 2.20 bits per heavy atom. The van der Waals surface area contributed by atoms with Crippen LogP contribution in [0, 0.1) is 11.6 Å². The van der Waals surface area contributed by atoms with Crippen LogP contribution in [-0.4, -0.2) is 33.1 Å². The molecule has 0 fully saturated rings. The van der Waals surface area contributed by atoms with Gasteiger partial charge < -0.3 is 15.4 Å². The Morgan fingerprint density at radius 2 is 1.60 bits per heavy atom. The lowest BCUT2D eigenvalue weighted by Gasteiger charge is -2.27. The Hall–Kier alpha value is -4.28. The zero-order valence-corrected chi connectivity index (χ0v) is 23.1. The maximum absolute atomic E-state index is 14.8. The van der Waals surface area contributed by atoms with Gasteiger partial charge in [-0.05, 0) is 66.7 Å². The predicted octanol–water partition coefficient (Wildman–Crippen LogP) is 6.18. The highest BCUT2D eigenvalue weighted by molar-refractivity contribution is 7.20. The number of carbonyl (C=O) groups is 2. The summed E-state index contributed by atoms with van der Waals surface area (Å²) in [6.07, 6.45) is -0.0640. The Kier molecular flexibility index (Phi) is 7.81. The fourth-order valence-corrected chi connectivity index (χ4v) is 6.12. The molecule has 0 bridgehead atoms. The standard InChI is InChI=1S/C30H28F2N4O3S/c1-33-16-23-22-15-27(37)36(20-11-13-21(39-3)14-12-20)30(38)35(17-24-25(31)5-4-6-26(24)32)29(22)40-28(23)18-7-9-19(34-2)10-8-18/h4-14,33-34H,15-17H2,1-3H3. The Morgan fingerprint density at radius 1 is 0.925 bits per heavy atom. The second-order valence-corrected chi connectivity index (χ2v) is 10.2. The van der Waals surface area contributed by atoms with Gasteiger partial charge in [0.15, 0.2) is 0 Å². The van der Waals surface area contributed by atoms with Crippen molar-refractivity contribution in [1.82, 2.24) is 5.32 Å². The predicted molar refractivity (Wildman–Crippen MR) is 154 cm³/mol. The van der Waals surface area contributed by atoms with Crippen molar-refractivity contribution in [3.05, 3.63) is 95.1 Å². The highest BCUT2D eigenvalue weighted by Crippen LogP contribution is 2.45. The zero-order valence-electron chi connectivity index (χ0n) is 22.3. The summed E-state index contributed by atoms with van der Waals surface area (Å²) in [6.45, 7) is 0.0444. The molecule has 3 amide bonds. The molecule has 0 aliphatic carbocycles. The molecule has 7 nitrogen and oxygen atoms in total. The number of imide groups is 1. The van der Waals surface area contributed by atoms with Gasteiger partial charge in [-0.15, -0.1) is 11.3 Å². The van der Waals surface area contributed by atoms with Gasteiger partial charge in [0.25, 0.3) is 0 Å². The van der Waals surface area contributed by atoms with Crippen molar-refractivity contribution in [3.63, 3.8) is 0 Å². The summed E-state index contributed by atoms with van der Waals surface area (Å²) >= 11 is 1.33. The molecule has 3 aromatic carbocycles. The number of amides is 3. The smallest absolute Gasteiger partial charge is 0.336 e. The number of fused-ring (bicyclic) bond motifs is 1. The van der Waals surface area contributed by atoms with E-state index in [1.54, 1.807) is 31.3 Å². The molecule has 0 atom stereocenters. The van der Waals surface area contributed by atoms with Crippen LogP contribution in [0.2, 0.25) is 0 Å². The molecule has 0 unspecified atom stereocenters. The van der Waals surface area contributed by atoms with Gasteiger partial charge in [0, 0.05) is 35.3 Å². The number of ether oxygens (including phenoxy) is 1. The van der Waals surface area contributed by atoms with Crippen molar-refractivity contribution < 1.29 is 23.1 Å². The maximum Gasteiger partial charge on any atom is 0.336 e. The summed E-state index contributed by atoms with van der Waals surface area (Å²) in [5.41, 5.74) is 3.44. The summed E-state index contributed by atoms with van der Waals surface area (Å²) < 4.78 is 34.9. The third-order valence-electron chi connectivity index (χ3n) is 6.84. The summed E-state index contributed by atoms with van der Waals surface area (Å²) in [4.78, 5) is 31.1. The number of urea groups is 1. The lowest BCUT2D eigenvalue weighted by Crippen LogP contribution is -2.45. The molecular formula is C30H28F2N4O3S. The van der Waals surface area contributed by atoms with E-state index in [2.05, 4.69) is 10.6 Å². The highest BCUT2D eigenvalue weighted by Gasteiger charge is 2.38. The van der Waals surface area contributed by atoms with E-state index in [0.717, 1.165) is 38.7 Å². The molecule has 40 heavy (non-hydrogen) atoms. The van der Waals surface area contributed by atoms with Gasteiger partial charge in [0.2, 0.25) is 5.91 Å². The van der Waals surface area contributed by atoms with E-state index < -0.39 is 23.6 Å². The molecule has 4 aromatic rings. The number of thiophene rings is 1. The van der Waals surface area contributed by atoms with Gasteiger partial charge in [-0.25, -0.2) is 18.5 Å². The maximum atomic E-state index is 14.8. The minimum absolute atomic E-state index is 0.0640. The van der Waals surface area contributed by atoms with E-state index >= 15 is 0 Å². The molecule has 0 spiro atoms. The van der Waals surface area contributed by atoms with Crippen LogP contribution in [-0.2, 0) is 24.3 Å². The van der Waals surface area contributed by atoms with Crippen LogP contribution < -0.4 is 25.2 Å². The van der Waals surface area contributed by atoms with Gasteiger partial charge in [-0.1, -0.05) is 18.2 Å². The van der Waals surface area contributed by atoms with Crippen LogP contribution in [0.25, 0.3) is 10.4 Å². The molecule has 10 heteroatoms. The number of halogens is 2. The average Bonchev–Trinajstić information content (AvgIpc) is 3.26. The molecule has 0 radical (unpaired) electrons. The van der Waals surface area contributed by atoms with Gasteiger partial charge >= 0.3 is 6.03 Å². The third kappa shape index (κ3) is 5.03. The normalized spacial score (nSPS) is 13.3. The van der Waals surface area contributed by atoms with Crippen molar-refractivity contribution >= 4 is 39.7 Å². The number of benzene rings is 3. The number of nitrogens with zero attached hydrogens (tertiary/aromatic N) is 2. The monoisotopic (exact) mass is 562 g/mol. The first-order valence-corrected chi connectivity index (χ1v) is 13.5. The molecule has 1 aliphatic rings. The Labute approximate surface area is 235 Å². The minimum atomic E-state index is -0.768. The average molecular weight is 563 g/mol. The van der Waals surface area contributed by atoms with Crippen LogP contribution in [0.15, 0.2) is 66.7 Å². The van der Waals surface area contributed by atoms with Crippen LogP contribution in [0.1, 0.15) is 16.7 Å². The number of carbonyl (C=O) groups excluding carboxylic acids is 2. The van der Waals surface area contributed by atoms with E-state index in [0.29, 0.717) is 28.5 Å². The summed E-state index contributed by atoms with van der Waals surface area (Å²) in [6, 6.07) is 17.2. The minimum Gasteiger partial charge on any atom is -0.497 e. The van der Waals surface area contributed by atoms with E-state index in [4.69, 9.17) is 4.74 Å². The summed E-state index contributed by atoms with van der Waals surface area (Å²) in [5, 5.41) is 6.75. The number of rotatable bonds is 8. The van der Waals surface area contributed by atoms with Gasteiger partial charge in [0.1, 0.15) is 22.4 Å². The molecule has 1 aliphatic heterocycles. The Bertz CT molecular complexity index is 1530. The SMILES string of the molecule is CNCc1c(-c2ccc(NC)cc2)sc2c1CC(=O)N(c1ccc(OC)cc1)C(=O)N2Cc1c(F)cccc1F. The largest absolute Gasteiger partial charge is 0.497 e. The van der Waals surface area contributed by atoms with Crippen LogP contribution >= 0.6 is 11.3 Å². The molecule has 5 rings (SSSR count). The molecular weight excluding hydrogens is 534 g/mol. The second-order valence-electron chi connectivity index (χ2n) is 9.22. The van der Waals surface area contributed by atoms with Crippen molar-refractivity contribution in [2.24, 2.45) is 0 Å². The number of methoxy groups -OCH3 is 1. The fourth-order valence-electron chi connectivity index (χ4n) is 4.78. The molecule has 2 heterocycles. The van der Waals surface area contributed by atoms with E-state index in [1.807, 2.05) is 31.3 Å². The van der Waals surface area contributed by atoms with Gasteiger partial charge in [0.05, 0.1) is 25.8 Å². The first kappa shape index (κ1) is 27.3. The van der Waals surface area contributed by atoms with Crippen molar-refractivity contribution in [2.45, 2.75) is 19.5 Å². The summed E-state index contributed by atoms with van der Waals surface area (Å²) in [5.74, 6) is -1.42. The molecule has 206 valence electrons. The number of hydrogen-bond donors (Lipinski definition) is 2. The lowest BCUT2D eigenvalue weighted by molar-refractivity contribution is -0.117. The number of nitrogens with one attached hydrogen (secondary N) is 2. The van der Waals surface area contributed by atoms with E-state index in [9.17, 15) is 18.4 Å². The number of anilines is 3. The highest BCUT2D eigenvalue weighted by atomic mass is 32.1. The van der Waals surface area contributed by atoms with E-state index in [1.165, 1.54) is 29.4 Å². The van der Waals surface area contributed by atoms with Crippen molar-refractivity contribution in [1.29, 1.82) is 0 Å². The van der Waals surface area contributed by atoms with E-state index in [-0.39, 0.29) is 18.5 Å². The quantitative estimate of drug-likeness (QED) is 0.268. The number of hydrogen-bond acceptors (Lipinski definition) is 6. The van der Waals surface area contributed by atoms with Crippen LogP contribution in [0.4, 0.5) is 30.0 Å². The zero-order chi connectivity index (χ0) is 28.4. The first-order chi connectivity index (χ1) is 19.4. The molecule has 2 N–H and O–H groups in total. The fraction of sp³-hybridized carbons (Fsp3) is 0.200. The van der Waals surface area contributed by atoms with Crippen molar-refractivity contribution in [3.8, 4) is 16.2 Å². The molecule has 0 saturated carbocycles. The molecule has 1 aromatic heterocycles. The third-order valence-corrected chi connectivity index (χ3v) is 8.18. The van der Waals surface area contributed by atoms with Crippen LogP contribution in [0.3, 0.4) is 0 Å². The van der Waals surface area contributed by atoms with Crippen molar-refractivity contribution in [2.75, 3.05) is 36.3 Å². The van der Waals surface area contributed by atoms with Gasteiger partial charge in [-0.3, -0.25) is 9.69 Å².